The summed E-state index contributed by atoms with van der Waals surface area (Å²) in [5.41, 5.74) is 6.19. The smallest absolute Gasteiger partial charge is 0.269 e. The fraction of sp³-hybridized carbons (Fsp3) is 0.125. The number of fused-ring (bicyclic) bond motifs is 1. The maximum atomic E-state index is 12.2. The van der Waals surface area contributed by atoms with Gasteiger partial charge in [-0.2, -0.15) is 0 Å². The van der Waals surface area contributed by atoms with Gasteiger partial charge in [-0.05, 0) is 30.3 Å². The number of ether oxygens (including phenoxy) is 1. The van der Waals surface area contributed by atoms with E-state index in [1.165, 1.54) is 35.6 Å². The first-order valence-electron chi connectivity index (χ1n) is 7.18. The number of carbonyl (C=O) groups excluding carboxylic acids is 1. The molecule has 0 aliphatic rings. The second-order valence-electron chi connectivity index (χ2n) is 5.21. The van der Waals surface area contributed by atoms with Gasteiger partial charge in [-0.3, -0.25) is 15.6 Å². The molecule has 1 aromatic heterocycles. The van der Waals surface area contributed by atoms with Gasteiger partial charge in [-0.1, -0.05) is 23.5 Å². The Kier molecular flexibility index (Phi) is 4.60. The lowest BCUT2D eigenvalue weighted by atomic mass is 10.2. The standard InChI is InChI=1S/C16H15N3O4S2/c1-23-12-7-4-8-13-14(12)17-16(24-13)19-18-15(20)10-5-3-6-11(9-10)25(2,21)22/h3-9H,1-2H3,(H,17,19)(H,18,20). The van der Waals surface area contributed by atoms with E-state index < -0.39 is 15.7 Å². The molecule has 0 aliphatic heterocycles. The van der Waals surface area contributed by atoms with Crippen molar-refractivity contribution in [3.8, 4) is 5.75 Å². The van der Waals surface area contributed by atoms with Crippen molar-refractivity contribution in [1.29, 1.82) is 0 Å². The van der Waals surface area contributed by atoms with Gasteiger partial charge >= 0.3 is 0 Å². The highest BCUT2D eigenvalue weighted by Gasteiger charge is 2.13. The number of sulfone groups is 1. The van der Waals surface area contributed by atoms with Crippen molar-refractivity contribution in [3.63, 3.8) is 0 Å². The van der Waals surface area contributed by atoms with Gasteiger partial charge in [0.1, 0.15) is 11.3 Å². The number of nitrogens with zero attached hydrogens (tertiary/aromatic N) is 1. The zero-order valence-electron chi connectivity index (χ0n) is 13.4. The summed E-state index contributed by atoms with van der Waals surface area (Å²) in [6.45, 7) is 0. The second-order valence-corrected chi connectivity index (χ2v) is 8.25. The Morgan fingerprint density at radius 3 is 2.68 bits per heavy atom. The first-order chi connectivity index (χ1) is 11.9. The number of methoxy groups -OCH3 is 1. The van der Waals surface area contributed by atoms with Crippen LogP contribution in [0.25, 0.3) is 10.2 Å². The highest BCUT2D eigenvalue weighted by molar-refractivity contribution is 7.90. The Morgan fingerprint density at radius 1 is 1.20 bits per heavy atom. The van der Waals surface area contributed by atoms with Crippen LogP contribution < -0.4 is 15.6 Å². The Labute approximate surface area is 148 Å². The third-order valence-electron chi connectivity index (χ3n) is 3.41. The predicted molar refractivity (Wildman–Crippen MR) is 96.8 cm³/mol. The third kappa shape index (κ3) is 3.72. The number of hydrogen-bond donors (Lipinski definition) is 2. The van der Waals surface area contributed by atoms with E-state index in [1.807, 2.05) is 12.1 Å². The molecule has 0 spiro atoms. The fourth-order valence-electron chi connectivity index (χ4n) is 2.19. The molecular formula is C16H15N3O4S2. The Bertz CT molecular complexity index is 1040. The van der Waals surface area contributed by atoms with Gasteiger partial charge in [0.25, 0.3) is 5.91 Å². The minimum Gasteiger partial charge on any atom is -0.494 e. The van der Waals surface area contributed by atoms with Crippen LogP contribution in [-0.2, 0) is 9.84 Å². The molecule has 7 nitrogen and oxygen atoms in total. The molecule has 0 saturated heterocycles. The van der Waals surface area contributed by atoms with Crippen molar-refractivity contribution >= 4 is 42.4 Å². The van der Waals surface area contributed by atoms with E-state index in [4.69, 9.17) is 4.74 Å². The summed E-state index contributed by atoms with van der Waals surface area (Å²) in [5.74, 6) is 0.186. The first-order valence-corrected chi connectivity index (χ1v) is 9.89. The molecule has 0 unspecified atom stereocenters. The van der Waals surface area contributed by atoms with E-state index in [1.54, 1.807) is 13.2 Å². The summed E-state index contributed by atoms with van der Waals surface area (Å²) < 4.78 is 29.3. The lowest BCUT2D eigenvalue weighted by Crippen LogP contribution is -2.29. The van der Waals surface area contributed by atoms with Crippen molar-refractivity contribution < 1.29 is 17.9 Å². The van der Waals surface area contributed by atoms with E-state index in [-0.39, 0.29) is 10.5 Å². The molecule has 1 amide bonds. The maximum Gasteiger partial charge on any atom is 0.269 e. The molecule has 3 rings (SSSR count). The average molecular weight is 377 g/mol. The largest absolute Gasteiger partial charge is 0.494 e. The van der Waals surface area contributed by atoms with E-state index in [9.17, 15) is 13.2 Å². The minimum absolute atomic E-state index is 0.0878. The SMILES string of the molecule is COc1cccc2sc(NNC(=O)c3cccc(S(C)(=O)=O)c3)nc12. The Morgan fingerprint density at radius 2 is 1.96 bits per heavy atom. The van der Waals surface area contributed by atoms with Crippen LogP contribution in [0.5, 0.6) is 5.75 Å². The number of benzene rings is 2. The summed E-state index contributed by atoms with van der Waals surface area (Å²) in [7, 11) is -1.81. The third-order valence-corrected chi connectivity index (χ3v) is 5.46. The topological polar surface area (TPSA) is 97.4 Å². The Balaban J connectivity index is 1.77. The number of amides is 1. The molecule has 0 radical (unpaired) electrons. The fourth-order valence-corrected chi connectivity index (χ4v) is 3.70. The minimum atomic E-state index is -3.38. The highest BCUT2D eigenvalue weighted by atomic mass is 32.2. The van der Waals surface area contributed by atoms with Crippen LogP contribution in [0.2, 0.25) is 0 Å². The van der Waals surface area contributed by atoms with Crippen LogP contribution in [-0.4, -0.2) is 32.7 Å². The molecule has 25 heavy (non-hydrogen) atoms. The monoisotopic (exact) mass is 377 g/mol. The van der Waals surface area contributed by atoms with Crippen LogP contribution >= 0.6 is 11.3 Å². The number of hydrazine groups is 1. The molecule has 2 aromatic carbocycles. The first kappa shape index (κ1) is 17.2. The highest BCUT2D eigenvalue weighted by Crippen LogP contribution is 2.31. The van der Waals surface area contributed by atoms with Crippen molar-refractivity contribution in [1.82, 2.24) is 10.4 Å². The van der Waals surface area contributed by atoms with Gasteiger partial charge in [-0.15, -0.1) is 0 Å². The molecule has 0 atom stereocenters. The molecule has 3 aromatic rings. The molecule has 2 N–H and O–H groups in total. The van der Waals surface area contributed by atoms with Gasteiger partial charge in [-0.25, -0.2) is 13.4 Å². The second kappa shape index (κ2) is 6.69. The maximum absolute atomic E-state index is 12.2. The van der Waals surface area contributed by atoms with Gasteiger partial charge < -0.3 is 4.74 Å². The van der Waals surface area contributed by atoms with Crippen LogP contribution in [0.15, 0.2) is 47.4 Å². The van der Waals surface area contributed by atoms with Gasteiger partial charge in [0, 0.05) is 11.8 Å². The van der Waals surface area contributed by atoms with E-state index in [2.05, 4.69) is 15.8 Å². The zero-order valence-corrected chi connectivity index (χ0v) is 15.1. The summed E-state index contributed by atoms with van der Waals surface area (Å²) in [5, 5.41) is 0.493. The lowest BCUT2D eigenvalue weighted by Gasteiger charge is -2.06. The van der Waals surface area contributed by atoms with Gasteiger partial charge in [0.15, 0.2) is 9.84 Å². The number of hydrogen-bond acceptors (Lipinski definition) is 7. The molecule has 0 bridgehead atoms. The molecule has 0 fully saturated rings. The molecule has 0 aliphatic carbocycles. The van der Waals surface area contributed by atoms with Crippen LogP contribution in [0.1, 0.15) is 10.4 Å². The molecular weight excluding hydrogens is 362 g/mol. The van der Waals surface area contributed by atoms with Crippen molar-refractivity contribution in [2.24, 2.45) is 0 Å². The van der Waals surface area contributed by atoms with Crippen molar-refractivity contribution in [2.75, 3.05) is 18.8 Å². The van der Waals surface area contributed by atoms with E-state index in [0.29, 0.717) is 16.4 Å². The van der Waals surface area contributed by atoms with E-state index in [0.717, 1.165) is 11.0 Å². The number of aromatic nitrogens is 1. The number of rotatable bonds is 5. The molecule has 0 saturated carbocycles. The molecule has 1 heterocycles. The van der Waals surface area contributed by atoms with Crippen molar-refractivity contribution in [3.05, 3.63) is 48.0 Å². The summed E-state index contributed by atoms with van der Waals surface area (Å²) in [6, 6.07) is 11.4. The number of thiazole rings is 1. The predicted octanol–water partition coefficient (Wildman–Crippen LogP) is 2.47. The van der Waals surface area contributed by atoms with Gasteiger partial charge in [0.05, 0.1) is 16.7 Å². The molecule has 9 heteroatoms. The number of anilines is 1. The zero-order chi connectivity index (χ0) is 18.0. The van der Waals surface area contributed by atoms with E-state index >= 15 is 0 Å². The summed E-state index contributed by atoms with van der Waals surface area (Å²) in [6.07, 6.45) is 1.09. The lowest BCUT2D eigenvalue weighted by molar-refractivity contribution is 0.0962. The quantitative estimate of drug-likeness (QED) is 0.663. The normalized spacial score (nSPS) is 11.3. The van der Waals surface area contributed by atoms with Crippen LogP contribution in [0.3, 0.4) is 0 Å². The summed E-state index contributed by atoms with van der Waals surface area (Å²) in [4.78, 5) is 16.7. The van der Waals surface area contributed by atoms with Gasteiger partial charge in [0.2, 0.25) is 5.13 Å². The van der Waals surface area contributed by atoms with Crippen molar-refractivity contribution in [2.45, 2.75) is 4.90 Å². The number of carbonyl (C=O) groups is 1. The van der Waals surface area contributed by atoms with Crippen LogP contribution in [0, 0.1) is 0 Å². The average Bonchev–Trinajstić information content (AvgIpc) is 3.02. The summed E-state index contributed by atoms with van der Waals surface area (Å²) >= 11 is 1.36. The number of para-hydroxylation sites is 1. The Hall–Kier alpha value is -2.65. The van der Waals surface area contributed by atoms with Crippen LogP contribution in [0.4, 0.5) is 5.13 Å². The molecule has 130 valence electrons. The number of nitrogens with one attached hydrogen (secondary N) is 2.